The lowest BCUT2D eigenvalue weighted by atomic mass is 10.0. The summed E-state index contributed by atoms with van der Waals surface area (Å²) >= 11 is 1.73. The highest BCUT2D eigenvalue weighted by Crippen LogP contribution is 2.32. The summed E-state index contributed by atoms with van der Waals surface area (Å²) in [5.74, 6) is 0.936. The van der Waals surface area contributed by atoms with Crippen LogP contribution in [0.2, 0.25) is 0 Å². The Kier molecular flexibility index (Phi) is 4.70. The van der Waals surface area contributed by atoms with Crippen LogP contribution in [-0.4, -0.2) is 72.9 Å². The first kappa shape index (κ1) is 16.0. The summed E-state index contributed by atoms with van der Waals surface area (Å²) in [7, 11) is 0. The van der Waals surface area contributed by atoms with E-state index in [-0.39, 0.29) is 5.60 Å². The van der Waals surface area contributed by atoms with Gasteiger partial charge in [-0.05, 0) is 25.7 Å². The van der Waals surface area contributed by atoms with Crippen LogP contribution in [0.1, 0.15) is 23.5 Å². The smallest absolute Gasteiger partial charge is 0.117 e. The zero-order chi connectivity index (χ0) is 15.7. The van der Waals surface area contributed by atoms with Gasteiger partial charge < -0.3 is 9.47 Å². The van der Waals surface area contributed by atoms with Gasteiger partial charge in [-0.25, -0.2) is 4.98 Å². The fourth-order valence-electron chi connectivity index (χ4n) is 3.76. The third kappa shape index (κ3) is 4.12. The minimum atomic E-state index is -0.158. The van der Waals surface area contributed by atoms with Crippen molar-refractivity contribution in [3.8, 4) is 0 Å². The maximum Gasteiger partial charge on any atom is 0.117 e. The number of morpholine rings is 1. The van der Waals surface area contributed by atoms with Crippen molar-refractivity contribution < 1.29 is 9.47 Å². The average Bonchev–Trinajstić information content (AvgIpc) is 3.27. The lowest BCUT2D eigenvalue weighted by Crippen LogP contribution is -2.58. The minimum Gasteiger partial charge on any atom is -0.377 e. The molecule has 128 valence electrons. The van der Waals surface area contributed by atoms with Gasteiger partial charge in [0.05, 0.1) is 30.5 Å². The van der Waals surface area contributed by atoms with E-state index in [1.807, 2.05) is 0 Å². The van der Waals surface area contributed by atoms with Gasteiger partial charge in [0.25, 0.3) is 0 Å². The van der Waals surface area contributed by atoms with Crippen LogP contribution < -0.4 is 0 Å². The van der Waals surface area contributed by atoms with Crippen LogP contribution in [0.3, 0.4) is 0 Å². The van der Waals surface area contributed by atoms with Gasteiger partial charge >= 0.3 is 0 Å². The van der Waals surface area contributed by atoms with Gasteiger partial charge in [0.1, 0.15) is 5.60 Å². The fraction of sp³-hybridized carbons (Fsp3) is 0.824. The maximum absolute atomic E-state index is 6.27. The Morgan fingerprint density at radius 1 is 1.26 bits per heavy atom. The van der Waals surface area contributed by atoms with Crippen LogP contribution in [0.15, 0.2) is 5.38 Å². The molecule has 1 saturated carbocycles. The number of aromatic nitrogens is 1. The Morgan fingerprint density at radius 2 is 2.09 bits per heavy atom. The highest BCUT2D eigenvalue weighted by molar-refractivity contribution is 7.09. The van der Waals surface area contributed by atoms with E-state index < -0.39 is 0 Å². The van der Waals surface area contributed by atoms with Crippen molar-refractivity contribution in [1.29, 1.82) is 0 Å². The average molecular weight is 337 g/mol. The largest absolute Gasteiger partial charge is 0.377 e. The molecule has 0 amide bonds. The van der Waals surface area contributed by atoms with Gasteiger partial charge in [0, 0.05) is 44.6 Å². The van der Waals surface area contributed by atoms with Crippen LogP contribution in [0.25, 0.3) is 0 Å². The van der Waals surface area contributed by atoms with E-state index in [1.165, 1.54) is 25.1 Å². The van der Waals surface area contributed by atoms with Crippen molar-refractivity contribution in [2.24, 2.45) is 5.92 Å². The molecule has 1 aromatic heterocycles. The molecular weight excluding hydrogens is 310 g/mol. The summed E-state index contributed by atoms with van der Waals surface area (Å²) in [6.45, 7) is 10.6. The highest BCUT2D eigenvalue weighted by atomic mass is 32.1. The topological polar surface area (TPSA) is 37.8 Å². The Bertz CT molecular complexity index is 534. The van der Waals surface area contributed by atoms with E-state index in [1.54, 1.807) is 11.3 Å². The molecule has 0 N–H and O–H groups in total. The molecule has 23 heavy (non-hydrogen) atoms. The fourth-order valence-corrected chi connectivity index (χ4v) is 4.36. The van der Waals surface area contributed by atoms with Crippen molar-refractivity contribution in [2.45, 2.75) is 31.9 Å². The standard InChI is InChI=1S/C17H27N3O2S/c1-14-18-16(10-23-14)9-20-4-6-21-13-17(12-20)11-19(5-7-22-17)8-15-2-3-15/h10,15H,2-9,11-13H2,1H3. The Hall–Kier alpha value is -0.530. The number of aryl methyl sites for hydroxylation is 1. The van der Waals surface area contributed by atoms with Gasteiger partial charge in [-0.15, -0.1) is 11.3 Å². The van der Waals surface area contributed by atoms with Crippen LogP contribution in [0, 0.1) is 12.8 Å². The molecular formula is C17H27N3O2S. The number of hydrogen-bond donors (Lipinski definition) is 0. The molecule has 4 rings (SSSR count). The molecule has 6 heteroatoms. The first-order valence-electron chi connectivity index (χ1n) is 8.78. The molecule has 3 aliphatic rings. The van der Waals surface area contributed by atoms with Gasteiger partial charge in [0.15, 0.2) is 0 Å². The monoisotopic (exact) mass is 337 g/mol. The zero-order valence-electron chi connectivity index (χ0n) is 14.0. The number of ether oxygens (including phenoxy) is 2. The van der Waals surface area contributed by atoms with Crippen molar-refractivity contribution in [3.63, 3.8) is 0 Å². The second-order valence-electron chi connectivity index (χ2n) is 7.33. The Balaban J connectivity index is 1.41. The van der Waals surface area contributed by atoms with Crippen LogP contribution in [0.5, 0.6) is 0 Å². The molecule has 0 radical (unpaired) electrons. The molecule has 0 aromatic carbocycles. The van der Waals surface area contributed by atoms with Gasteiger partial charge in [-0.1, -0.05) is 0 Å². The Morgan fingerprint density at radius 3 is 2.87 bits per heavy atom. The molecule has 1 aliphatic carbocycles. The van der Waals surface area contributed by atoms with E-state index in [4.69, 9.17) is 9.47 Å². The normalized spacial score (nSPS) is 30.7. The predicted molar refractivity (Wildman–Crippen MR) is 90.8 cm³/mol. The van der Waals surface area contributed by atoms with Crippen LogP contribution in [-0.2, 0) is 16.0 Å². The molecule has 5 nitrogen and oxygen atoms in total. The number of rotatable bonds is 4. The van der Waals surface area contributed by atoms with E-state index in [9.17, 15) is 0 Å². The molecule has 1 atom stereocenters. The number of hydrogen-bond acceptors (Lipinski definition) is 6. The third-order valence-electron chi connectivity index (χ3n) is 5.02. The summed E-state index contributed by atoms with van der Waals surface area (Å²) in [6.07, 6.45) is 2.83. The molecule has 2 saturated heterocycles. The quantitative estimate of drug-likeness (QED) is 0.837. The van der Waals surface area contributed by atoms with E-state index in [0.717, 1.165) is 63.5 Å². The lowest BCUT2D eigenvalue weighted by molar-refractivity contribution is -0.142. The molecule has 0 bridgehead atoms. The van der Waals surface area contributed by atoms with Gasteiger partial charge in [-0.3, -0.25) is 9.80 Å². The first-order chi connectivity index (χ1) is 11.2. The molecule has 2 aliphatic heterocycles. The number of nitrogens with zero attached hydrogens (tertiary/aromatic N) is 3. The summed E-state index contributed by atoms with van der Waals surface area (Å²) in [5.41, 5.74) is 1.02. The molecule has 1 unspecified atom stereocenters. The first-order valence-corrected chi connectivity index (χ1v) is 9.66. The summed E-state index contributed by atoms with van der Waals surface area (Å²) in [6, 6.07) is 0. The second kappa shape index (κ2) is 6.76. The molecule has 1 aromatic rings. The van der Waals surface area contributed by atoms with Crippen LogP contribution >= 0.6 is 11.3 Å². The Labute approximate surface area is 142 Å². The summed E-state index contributed by atoms with van der Waals surface area (Å²) < 4.78 is 12.2. The third-order valence-corrected chi connectivity index (χ3v) is 5.84. The maximum atomic E-state index is 6.27. The van der Waals surface area contributed by atoms with E-state index >= 15 is 0 Å². The summed E-state index contributed by atoms with van der Waals surface area (Å²) in [4.78, 5) is 9.68. The van der Waals surface area contributed by atoms with Crippen molar-refractivity contribution in [2.75, 3.05) is 52.5 Å². The summed E-state index contributed by atoms with van der Waals surface area (Å²) in [5, 5.41) is 3.32. The molecule has 3 fully saturated rings. The molecule has 1 spiro atoms. The van der Waals surface area contributed by atoms with Crippen LogP contribution in [0.4, 0.5) is 0 Å². The lowest BCUT2D eigenvalue weighted by Gasteiger charge is -2.43. The molecule has 3 heterocycles. The van der Waals surface area contributed by atoms with Crippen molar-refractivity contribution >= 4 is 11.3 Å². The SMILES string of the molecule is Cc1nc(CN2CCOCC3(C2)CN(CC2CC2)CCO3)cs1. The van der Waals surface area contributed by atoms with E-state index in [0.29, 0.717) is 0 Å². The van der Waals surface area contributed by atoms with Gasteiger partial charge in [0.2, 0.25) is 0 Å². The number of thiazole rings is 1. The predicted octanol–water partition coefficient (Wildman–Crippen LogP) is 1.76. The van der Waals surface area contributed by atoms with Crippen molar-refractivity contribution in [1.82, 2.24) is 14.8 Å². The van der Waals surface area contributed by atoms with Crippen molar-refractivity contribution in [3.05, 3.63) is 16.1 Å². The highest BCUT2D eigenvalue weighted by Gasteiger charge is 2.41. The zero-order valence-corrected chi connectivity index (χ0v) is 14.8. The second-order valence-corrected chi connectivity index (χ2v) is 8.39. The van der Waals surface area contributed by atoms with Gasteiger partial charge in [-0.2, -0.15) is 0 Å². The minimum absolute atomic E-state index is 0.158. The van der Waals surface area contributed by atoms with E-state index in [2.05, 4.69) is 27.1 Å².